The van der Waals surface area contributed by atoms with E-state index in [1.54, 1.807) is 0 Å². The lowest BCUT2D eigenvalue weighted by atomic mass is 10.1. The number of nitrogens with zero attached hydrogens (tertiary/aromatic N) is 2. The number of hydrogen-bond acceptors (Lipinski definition) is 4. The Kier molecular flexibility index (Phi) is 3.60. The van der Waals surface area contributed by atoms with Crippen LogP contribution in [0.4, 0.5) is 11.4 Å². The molecule has 3 aromatic rings. The molecule has 116 valence electrons. The Balaban J connectivity index is 1.87. The summed E-state index contributed by atoms with van der Waals surface area (Å²) in [6.45, 7) is 3.37. The van der Waals surface area contributed by atoms with E-state index in [0.29, 0.717) is 0 Å². The molecule has 1 aromatic heterocycles. The molecule has 0 unspecified atom stereocenters. The van der Waals surface area contributed by atoms with Crippen LogP contribution in [0.2, 0.25) is 0 Å². The normalized spacial score (nSPS) is 15.0. The van der Waals surface area contributed by atoms with Crippen molar-refractivity contribution in [1.29, 1.82) is 0 Å². The topological polar surface area (TPSA) is 51.4 Å². The van der Waals surface area contributed by atoms with Gasteiger partial charge < -0.3 is 15.4 Å². The third-order valence-electron chi connectivity index (χ3n) is 4.25. The number of nitrogen functional groups attached to an aromatic ring is 1. The Morgan fingerprint density at radius 2 is 1.70 bits per heavy atom. The van der Waals surface area contributed by atoms with Crippen molar-refractivity contribution < 1.29 is 4.74 Å². The van der Waals surface area contributed by atoms with Crippen LogP contribution in [-0.4, -0.2) is 31.3 Å². The van der Waals surface area contributed by atoms with Gasteiger partial charge in [-0.25, -0.2) is 4.98 Å². The van der Waals surface area contributed by atoms with Gasteiger partial charge in [-0.15, -0.1) is 0 Å². The van der Waals surface area contributed by atoms with Gasteiger partial charge >= 0.3 is 0 Å². The van der Waals surface area contributed by atoms with Crippen LogP contribution >= 0.6 is 0 Å². The maximum absolute atomic E-state index is 5.80. The van der Waals surface area contributed by atoms with Crippen molar-refractivity contribution in [1.82, 2.24) is 4.98 Å². The number of rotatable bonds is 2. The van der Waals surface area contributed by atoms with Gasteiger partial charge in [-0.1, -0.05) is 30.3 Å². The second-order valence-electron chi connectivity index (χ2n) is 5.77. The predicted molar refractivity (Wildman–Crippen MR) is 94.6 cm³/mol. The Labute approximate surface area is 135 Å². The molecule has 0 saturated carbocycles. The lowest BCUT2D eigenvalue weighted by Gasteiger charge is -2.30. The minimum atomic E-state index is 0.767. The largest absolute Gasteiger partial charge is 0.399 e. The van der Waals surface area contributed by atoms with Crippen LogP contribution in [0.1, 0.15) is 0 Å². The highest BCUT2D eigenvalue weighted by Crippen LogP contribution is 2.31. The van der Waals surface area contributed by atoms with Gasteiger partial charge in [0.05, 0.1) is 24.4 Å². The summed E-state index contributed by atoms with van der Waals surface area (Å²) in [5.41, 5.74) is 10.9. The average Bonchev–Trinajstić information content (AvgIpc) is 2.62. The molecule has 4 rings (SSSR count). The summed E-state index contributed by atoms with van der Waals surface area (Å²) in [5.74, 6) is 0. The van der Waals surface area contributed by atoms with E-state index in [-0.39, 0.29) is 0 Å². The Hall–Kier alpha value is -2.59. The number of anilines is 2. The third kappa shape index (κ3) is 2.73. The second-order valence-corrected chi connectivity index (χ2v) is 5.77. The molecular weight excluding hydrogens is 286 g/mol. The van der Waals surface area contributed by atoms with Crippen LogP contribution in [0.25, 0.3) is 22.2 Å². The first kappa shape index (κ1) is 14.0. The zero-order chi connectivity index (χ0) is 15.6. The summed E-state index contributed by atoms with van der Waals surface area (Å²) in [6.07, 6.45) is 0. The monoisotopic (exact) mass is 305 g/mol. The first-order valence-corrected chi connectivity index (χ1v) is 7.90. The smallest absolute Gasteiger partial charge is 0.0730 e. The number of fused-ring (bicyclic) bond motifs is 1. The van der Waals surface area contributed by atoms with E-state index < -0.39 is 0 Å². The number of aromatic nitrogens is 1. The molecule has 0 atom stereocenters. The lowest BCUT2D eigenvalue weighted by Crippen LogP contribution is -2.36. The lowest BCUT2D eigenvalue weighted by molar-refractivity contribution is 0.123. The van der Waals surface area contributed by atoms with Crippen molar-refractivity contribution in [2.24, 2.45) is 0 Å². The molecule has 0 spiro atoms. The van der Waals surface area contributed by atoms with Gasteiger partial charge in [0.2, 0.25) is 0 Å². The molecule has 0 amide bonds. The van der Waals surface area contributed by atoms with Crippen LogP contribution in [0.15, 0.2) is 54.6 Å². The fourth-order valence-corrected chi connectivity index (χ4v) is 3.02. The fourth-order valence-electron chi connectivity index (χ4n) is 3.02. The van der Waals surface area contributed by atoms with E-state index in [9.17, 15) is 0 Å². The van der Waals surface area contributed by atoms with E-state index >= 15 is 0 Å². The first-order valence-electron chi connectivity index (χ1n) is 7.90. The maximum atomic E-state index is 5.80. The molecule has 1 aliphatic rings. The Bertz CT molecular complexity index is 824. The van der Waals surface area contributed by atoms with Crippen molar-refractivity contribution in [2.75, 3.05) is 36.9 Å². The van der Waals surface area contributed by atoms with Gasteiger partial charge in [0.15, 0.2) is 0 Å². The first-order chi connectivity index (χ1) is 11.3. The van der Waals surface area contributed by atoms with Gasteiger partial charge in [-0.05, 0) is 24.3 Å². The molecule has 2 N–H and O–H groups in total. The number of pyridine rings is 1. The Morgan fingerprint density at radius 1 is 0.957 bits per heavy atom. The molecule has 2 heterocycles. The highest BCUT2D eigenvalue weighted by molar-refractivity contribution is 5.94. The number of para-hydroxylation sites is 1. The van der Waals surface area contributed by atoms with Gasteiger partial charge in [0.25, 0.3) is 0 Å². The molecule has 4 nitrogen and oxygen atoms in total. The molecule has 0 bridgehead atoms. The van der Waals surface area contributed by atoms with Gasteiger partial charge in [-0.3, -0.25) is 0 Å². The van der Waals surface area contributed by atoms with Gasteiger partial charge in [0.1, 0.15) is 0 Å². The molecule has 1 aliphatic heterocycles. The molecule has 23 heavy (non-hydrogen) atoms. The van der Waals surface area contributed by atoms with Crippen LogP contribution in [0, 0.1) is 0 Å². The van der Waals surface area contributed by atoms with Crippen LogP contribution in [0.3, 0.4) is 0 Å². The number of ether oxygens (including phenoxy) is 1. The van der Waals surface area contributed by atoms with E-state index in [1.807, 2.05) is 30.3 Å². The van der Waals surface area contributed by atoms with Gasteiger partial charge in [-0.2, -0.15) is 0 Å². The molecule has 1 saturated heterocycles. The second kappa shape index (κ2) is 5.89. The Morgan fingerprint density at radius 3 is 2.48 bits per heavy atom. The summed E-state index contributed by atoms with van der Waals surface area (Å²) in [5, 5.41) is 1.19. The molecular formula is C19H19N3O. The standard InChI is InChI=1S/C19H19N3O/c20-15-7-5-14(6-8-15)18-13-19(22-9-11-23-12-10-22)16-3-1-2-4-17(16)21-18/h1-8,13H,9-12,20H2. The van der Waals surface area contributed by atoms with E-state index in [4.69, 9.17) is 15.5 Å². The van der Waals surface area contributed by atoms with Crippen LogP contribution in [0.5, 0.6) is 0 Å². The third-order valence-corrected chi connectivity index (χ3v) is 4.25. The summed E-state index contributed by atoms with van der Waals surface area (Å²) >= 11 is 0. The molecule has 2 aromatic carbocycles. The zero-order valence-electron chi connectivity index (χ0n) is 12.9. The summed E-state index contributed by atoms with van der Waals surface area (Å²) < 4.78 is 5.49. The summed E-state index contributed by atoms with van der Waals surface area (Å²) in [6, 6.07) is 18.4. The summed E-state index contributed by atoms with van der Waals surface area (Å²) in [7, 11) is 0. The van der Waals surface area contributed by atoms with Crippen molar-refractivity contribution in [3.63, 3.8) is 0 Å². The molecule has 4 heteroatoms. The highest BCUT2D eigenvalue weighted by Gasteiger charge is 2.16. The number of nitrogens with two attached hydrogens (primary N) is 1. The maximum Gasteiger partial charge on any atom is 0.0730 e. The van der Waals surface area contributed by atoms with Crippen molar-refractivity contribution in [3.05, 3.63) is 54.6 Å². The number of morpholine rings is 1. The summed E-state index contributed by atoms with van der Waals surface area (Å²) in [4.78, 5) is 7.22. The fraction of sp³-hybridized carbons (Fsp3) is 0.211. The van der Waals surface area contributed by atoms with E-state index in [2.05, 4.69) is 29.2 Å². The molecule has 0 aliphatic carbocycles. The predicted octanol–water partition coefficient (Wildman–Crippen LogP) is 3.32. The van der Waals surface area contributed by atoms with E-state index in [0.717, 1.165) is 48.8 Å². The number of benzene rings is 2. The zero-order valence-corrected chi connectivity index (χ0v) is 12.9. The molecule has 0 radical (unpaired) electrons. The van der Waals surface area contributed by atoms with Crippen LogP contribution < -0.4 is 10.6 Å². The quantitative estimate of drug-likeness (QED) is 0.738. The highest BCUT2D eigenvalue weighted by atomic mass is 16.5. The SMILES string of the molecule is Nc1ccc(-c2cc(N3CCOCC3)c3ccccc3n2)cc1. The van der Waals surface area contributed by atoms with Gasteiger partial charge in [0, 0.05) is 35.4 Å². The van der Waals surface area contributed by atoms with Crippen molar-refractivity contribution in [2.45, 2.75) is 0 Å². The minimum absolute atomic E-state index is 0.767. The van der Waals surface area contributed by atoms with E-state index in [1.165, 1.54) is 11.1 Å². The minimum Gasteiger partial charge on any atom is -0.399 e. The average molecular weight is 305 g/mol. The van der Waals surface area contributed by atoms with Crippen LogP contribution in [-0.2, 0) is 4.74 Å². The van der Waals surface area contributed by atoms with Crippen molar-refractivity contribution >= 4 is 22.3 Å². The van der Waals surface area contributed by atoms with Crippen molar-refractivity contribution in [3.8, 4) is 11.3 Å². The molecule has 1 fully saturated rings. The number of hydrogen-bond donors (Lipinski definition) is 1.